The third-order valence-electron chi connectivity index (χ3n) is 5.69. The monoisotopic (exact) mass is 382 g/mol. The van der Waals surface area contributed by atoms with E-state index >= 15 is 0 Å². The number of hydrogen-bond donors (Lipinski definition) is 2. The van der Waals surface area contributed by atoms with E-state index in [2.05, 4.69) is 84.9 Å². The molecule has 2 aromatic rings. The molecule has 2 nitrogen and oxygen atoms in total. The average Bonchev–Trinajstić information content (AvgIpc) is 2.63. The highest BCUT2D eigenvalue weighted by Crippen LogP contribution is 2.38. The molecule has 0 aliphatic carbocycles. The molecule has 154 valence electrons. The van der Waals surface area contributed by atoms with Gasteiger partial charge in [-0.2, -0.15) is 0 Å². The van der Waals surface area contributed by atoms with Gasteiger partial charge in [0.1, 0.15) is 0 Å². The summed E-state index contributed by atoms with van der Waals surface area (Å²) in [5.74, 6) is 0.166. The van der Waals surface area contributed by atoms with Gasteiger partial charge in [-0.3, -0.25) is 0 Å². The molecule has 0 saturated heterocycles. The molecule has 0 aliphatic heterocycles. The van der Waals surface area contributed by atoms with E-state index in [0.29, 0.717) is 0 Å². The molecule has 28 heavy (non-hydrogen) atoms. The quantitative estimate of drug-likeness (QED) is 0.624. The van der Waals surface area contributed by atoms with Crippen LogP contribution in [0.25, 0.3) is 0 Å². The van der Waals surface area contributed by atoms with Gasteiger partial charge >= 0.3 is 0 Å². The fourth-order valence-corrected chi connectivity index (χ4v) is 3.83. The second kappa shape index (κ2) is 8.80. The predicted molar refractivity (Wildman–Crippen MR) is 119 cm³/mol. The lowest BCUT2D eigenvalue weighted by Crippen LogP contribution is -2.16. The highest BCUT2D eigenvalue weighted by molar-refractivity contribution is 5.46. The first-order chi connectivity index (χ1) is 13.0. The molecule has 2 rings (SSSR count). The smallest absolute Gasteiger partial charge is 0.0684 e. The van der Waals surface area contributed by atoms with Crippen molar-refractivity contribution >= 4 is 0 Å². The van der Waals surface area contributed by atoms with Crippen LogP contribution in [0.1, 0.15) is 101 Å². The Hall–Kier alpha value is -1.64. The van der Waals surface area contributed by atoms with E-state index < -0.39 is 0 Å². The van der Waals surface area contributed by atoms with E-state index in [0.717, 1.165) is 24.0 Å². The molecule has 0 aliphatic rings. The molecular weight excluding hydrogens is 344 g/mol. The van der Waals surface area contributed by atoms with Crippen molar-refractivity contribution in [1.29, 1.82) is 0 Å². The Bertz CT molecular complexity index is 726. The molecule has 0 bridgehead atoms. The van der Waals surface area contributed by atoms with Gasteiger partial charge in [-0.1, -0.05) is 91.3 Å². The van der Waals surface area contributed by atoms with Gasteiger partial charge in [0.2, 0.25) is 0 Å². The van der Waals surface area contributed by atoms with Crippen LogP contribution in [0.3, 0.4) is 0 Å². The average molecular weight is 383 g/mol. The Balaban J connectivity index is 2.73. The van der Waals surface area contributed by atoms with Gasteiger partial charge in [0, 0.05) is 5.92 Å². The lowest BCUT2D eigenvalue weighted by Gasteiger charge is -2.28. The van der Waals surface area contributed by atoms with Crippen LogP contribution in [0.5, 0.6) is 0 Å². The van der Waals surface area contributed by atoms with Crippen LogP contribution in [0, 0.1) is 0 Å². The van der Waals surface area contributed by atoms with Crippen LogP contribution >= 0.6 is 0 Å². The highest BCUT2D eigenvalue weighted by atomic mass is 16.3. The highest BCUT2D eigenvalue weighted by Gasteiger charge is 2.24. The van der Waals surface area contributed by atoms with Gasteiger partial charge in [-0.05, 0) is 50.6 Å². The summed E-state index contributed by atoms with van der Waals surface area (Å²) in [5.41, 5.74) is 7.00. The van der Waals surface area contributed by atoms with Crippen molar-refractivity contribution in [2.75, 3.05) is 0 Å². The summed E-state index contributed by atoms with van der Waals surface area (Å²) in [6, 6.07) is 13.0. The normalized spacial score (nSPS) is 12.6. The summed E-state index contributed by atoms with van der Waals surface area (Å²) in [5, 5.41) is 20.1. The molecule has 2 N–H and O–H groups in total. The van der Waals surface area contributed by atoms with Crippen molar-refractivity contribution in [2.24, 2.45) is 0 Å². The van der Waals surface area contributed by atoms with Crippen molar-refractivity contribution < 1.29 is 10.2 Å². The molecule has 0 radical (unpaired) electrons. The Morgan fingerprint density at radius 1 is 0.714 bits per heavy atom. The maximum Gasteiger partial charge on any atom is 0.0684 e. The van der Waals surface area contributed by atoms with Gasteiger partial charge in [0.15, 0.2) is 0 Å². The van der Waals surface area contributed by atoms with Gasteiger partial charge in [0.25, 0.3) is 0 Å². The molecular formula is C26H38O2. The van der Waals surface area contributed by atoms with Crippen molar-refractivity contribution in [1.82, 2.24) is 0 Å². The third kappa shape index (κ3) is 5.04. The summed E-state index contributed by atoms with van der Waals surface area (Å²) < 4.78 is 0. The van der Waals surface area contributed by atoms with Gasteiger partial charge < -0.3 is 10.2 Å². The number of aliphatic hydroxyl groups excluding tert-OH is 2. The number of hydrogen-bond acceptors (Lipinski definition) is 2. The fraction of sp³-hybridized carbons (Fsp3) is 0.538. The molecule has 0 unspecified atom stereocenters. The van der Waals surface area contributed by atoms with Crippen LogP contribution in [0.4, 0.5) is 0 Å². The minimum Gasteiger partial charge on any atom is -0.392 e. The zero-order valence-electron chi connectivity index (χ0n) is 18.8. The first-order valence-electron chi connectivity index (χ1n) is 10.5. The maximum atomic E-state index is 10.0. The zero-order valence-corrected chi connectivity index (χ0v) is 18.8. The summed E-state index contributed by atoms with van der Waals surface area (Å²) in [6.07, 6.45) is 2.03. The number of aliphatic hydroxyl groups is 2. The Labute approximate surface area is 171 Å². The largest absolute Gasteiger partial charge is 0.392 e. The van der Waals surface area contributed by atoms with E-state index in [1.54, 1.807) is 0 Å². The Morgan fingerprint density at radius 3 is 1.39 bits per heavy atom. The minimum absolute atomic E-state index is 0.0351. The first kappa shape index (κ1) is 22.6. The lowest BCUT2D eigenvalue weighted by molar-refractivity contribution is 0.278. The number of benzene rings is 2. The van der Waals surface area contributed by atoms with E-state index in [1.807, 2.05) is 0 Å². The molecule has 0 fully saturated rings. The topological polar surface area (TPSA) is 40.5 Å². The van der Waals surface area contributed by atoms with Crippen molar-refractivity contribution in [2.45, 2.75) is 91.3 Å². The zero-order chi connectivity index (χ0) is 21.1. The summed E-state index contributed by atoms with van der Waals surface area (Å²) in [6.45, 7) is 15.6. The SMILES string of the molecule is CCCC(c1cc(C(C)(C)C)ccc1CO)c1cc(C(C)(C)C)ccc1CO. The van der Waals surface area contributed by atoms with E-state index in [4.69, 9.17) is 0 Å². The predicted octanol–water partition coefficient (Wildman–Crippen LogP) is 6.20. The van der Waals surface area contributed by atoms with Gasteiger partial charge in [0.05, 0.1) is 13.2 Å². The molecule has 2 heteroatoms. The van der Waals surface area contributed by atoms with Crippen molar-refractivity contribution in [3.63, 3.8) is 0 Å². The van der Waals surface area contributed by atoms with Gasteiger partial charge in [-0.25, -0.2) is 0 Å². The maximum absolute atomic E-state index is 10.0. The van der Waals surface area contributed by atoms with Gasteiger partial charge in [-0.15, -0.1) is 0 Å². The first-order valence-corrected chi connectivity index (χ1v) is 10.5. The standard InChI is InChI=1S/C26H38O2/c1-8-9-22(23-14-20(25(2,3)4)12-10-18(23)16-27)24-15-21(26(5,6)7)13-11-19(24)17-28/h10-15,22,27-28H,8-9,16-17H2,1-7H3. The van der Waals surface area contributed by atoms with Crippen LogP contribution in [0.15, 0.2) is 36.4 Å². The lowest BCUT2D eigenvalue weighted by atomic mass is 9.77. The van der Waals surface area contributed by atoms with Crippen LogP contribution in [0.2, 0.25) is 0 Å². The molecule has 0 saturated carbocycles. The third-order valence-corrected chi connectivity index (χ3v) is 5.69. The Morgan fingerprint density at radius 2 is 1.11 bits per heavy atom. The molecule has 0 amide bonds. The van der Waals surface area contributed by atoms with Crippen molar-refractivity contribution in [3.05, 3.63) is 69.8 Å². The summed E-state index contributed by atoms with van der Waals surface area (Å²) in [7, 11) is 0. The molecule has 0 aromatic heterocycles. The Kier molecular flexibility index (Phi) is 7.12. The molecule has 0 heterocycles. The molecule has 2 aromatic carbocycles. The summed E-state index contributed by atoms with van der Waals surface area (Å²) >= 11 is 0. The van der Waals surface area contributed by atoms with E-state index in [1.165, 1.54) is 22.3 Å². The minimum atomic E-state index is 0.0351. The second-order valence-corrected chi connectivity index (χ2v) is 9.98. The summed E-state index contributed by atoms with van der Waals surface area (Å²) in [4.78, 5) is 0. The van der Waals surface area contributed by atoms with Crippen LogP contribution < -0.4 is 0 Å². The van der Waals surface area contributed by atoms with Crippen molar-refractivity contribution in [3.8, 4) is 0 Å². The van der Waals surface area contributed by atoms with Crippen LogP contribution in [-0.2, 0) is 24.0 Å². The molecule has 0 atom stereocenters. The number of rotatable bonds is 6. The molecule has 0 spiro atoms. The van der Waals surface area contributed by atoms with E-state index in [9.17, 15) is 10.2 Å². The second-order valence-electron chi connectivity index (χ2n) is 9.98. The van der Waals surface area contributed by atoms with E-state index in [-0.39, 0.29) is 30.0 Å². The van der Waals surface area contributed by atoms with Crippen LogP contribution in [-0.4, -0.2) is 10.2 Å². The fourth-order valence-electron chi connectivity index (χ4n) is 3.83.